The topological polar surface area (TPSA) is 145 Å². The summed E-state index contributed by atoms with van der Waals surface area (Å²) in [4.78, 5) is 34.6. The number of non-ortho nitro benzene ring substituents is 1. The number of aromatic nitrogens is 3. The van der Waals surface area contributed by atoms with E-state index < -0.39 is 16.7 Å². The molecule has 0 spiro atoms. The Kier molecular flexibility index (Phi) is 6.98. The molecule has 0 fully saturated rings. The van der Waals surface area contributed by atoms with Crippen molar-refractivity contribution in [1.82, 2.24) is 25.6 Å². The summed E-state index contributed by atoms with van der Waals surface area (Å²) in [6, 6.07) is 18.3. The second kappa shape index (κ2) is 10.4. The van der Waals surface area contributed by atoms with Gasteiger partial charge in [-0.25, -0.2) is 0 Å². The van der Waals surface area contributed by atoms with Crippen LogP contribution in [0.5, 0.6) is 0 Å². The second-order valence-corrected chi connectivity index (χ2v) is 7.89. The summed E-state index contributed by atoms with van der Waals surface area (Å²) in [5, 5.41) is 19.6. The maximum atomic E-state index is 12.3. The van der Waals surface area contributed by atoms with Crippen LogP contribution in [0.15, 0.2) is 82.6 Å². The summed E-state index contributed by atoms with van der Waals surface area (Å²) >= 11 is 1.15. The van der Waals surface area contributed by atoms with Crippen molar-refractivity contribution >= 4 is 29.3 Å². The van der Waals surface area contributed by atoms with Crippen LogP contribution in [0.4, 0.5) is 5.69 Å². The normalized spacial score (nSPS) is 10.6. The third-order valence-electron chi connectivity index (χ3n) is 4.63. The molecule has 0 radical (unpaired) electrons. The lowest BCUT2D eigenvalue weighted by Crippen LogP contribution is -2.42. The Bertz CT molecular complexity index is 1290. The molecule has 4 aromatic rings. The molecule has 4 rings (SSSR count). The smallest absolute Gasteiger partial charge is 0.269 e. The van der Waals surface area contributed by atoms with E-state index in [1.807, 2.05) is 34.9 Å². The van der Waals surface area contributed by atoms with Gasteiger partial charge >= 0.3 is 0 Å². The third kappa shape index (κ3) is 5.48. The molecule has 2 aromatic heterocycles. The summed E-state index contributed by atoms with van der Waals surface area (Å²) in [6.45, 7) is 0.477. The quantitative estimate of drug-likeness (QED) is 0.223. The fourth-order valence-corrected chi connectivity index (χ4v) is 3.73. The average molecular weight is 478 g/mol. The minimum atomic E-state index is -0.597. The van der Waals surface area contributed by atoms with Crippen LogP contribution in [0.25, 0.3) is 11.6 Å². The van der Waals surface area contributed by atoms with E-state index in [1.165, 1.54) is 24.3 Å². The van der Waals surface area contributed by atoms with Crippen LogP contribution in [-0.4, -0.2) is 37.3 Å². The summed E-state index contributed by atoms with van der Waals surface area (Å²) in [5.41, 5.74) is 5.67. The Morgan fingerprint density at radius 3 is 2.44 bits per heavy atom. The Hall–Kier alpha value is -4.45. The number of furan rings is 1. The van der Waals surface area contributed by atoms with Gasteiger partial charge in [0.05, 0.1) is 23.5 Å². The van der Waals surface area contributed by atoms with Gasteiger partial charge in [0.25, 0.3) is 11.6 Å². The number of hydrazine groups is 1. The van der Waals surface area contributed by atoms with Gasteiger partial charge in [0.2, 0.25) is 11.7 Å². The molecule has 34 heavy (non-hydrogen) atoms. The van der Waals surface area contributed by atoms with Crippen molar-refractivity contribution in [3.8, 4) is 11.6 Å². The summed E-state index contributed by atoms with van der Waals surface area (Å²) in [7, 11) is 0. The van der Waals surface area contributed by atoms with Crippen LogP contribution in [0, 0.1) is 10.1 Å². The predicted molar refractivity (Wildman–Crippen MR) is 123 cm³/mol. The zero-order valence-electron chi connectivity index (χ0n) is 17.6. The van der Waals surface area contributed by atoms with Gasteiger partial charge in [-0.05, 0) is 29.8 Å². The lowest BCUT2D eigenvalue weighted by Gasteiger charge is -2.10. The van der Waals surface area contributed by atoms with Crippen molar-refractivity contribution in [1.29, 1.82) is 0 Å². The number of thioether (sulfide) groups is 1. The van der Waals surface area contributed by atoms with Crippen molar-refractivity contribution in [2.24, 2.45) is 0 Å². The minimum Gasteiger partial charge on any atom is -0.461 e. The van der Waals surface area contributed by atoms with Gasteiger partial charge in [-0.2, -0.15) is 0 Å². The van der Waals surface area contributed by atoms with E-state index in [2.05, 4.69) is 21.0 Å². The van der Waals surface area contributed by atoms with Crippen LogP contribution in [0.2, 0.25) is 0 Å². The number of nitro groups is 1. The standard InChI is InChI=1S/C22H18N6O5S/c29-19(23-25-21(30)16-8-10-17(11-9-16)28(31)32)14-34-22-26-24-20(18-7-4-12-33-18)27(22)13-15-5-2-1-3-6-15/h1-12H,13-14H2,(H,23,29)(H,25,30). The van der Waals surface area contributed by atoms with Crippen LogP contribution in [0.3, 0.4) is 0 Å². The highest BCUT2D eigenvalue weighted by Crippen LogP contribution is 2.25. The van der Waals surface area contributed by atoms with Crippen molar-refractivity contribution in [3.05, 3.63) is 94.2 Å². The second-order valence-electron chi connectivity index (χ2n) is 6.95. The number of amides is 2. The first-order chi connectivity index (χ1) is 16.5. The summed E-state index contributed by atoms with van der Waals surface area (Å²) < 4.78 is 7.32. The molecule has 0 saturated heterocycles. The Morgan fingerprint density at radius 1 is 1.00 bits per heavy atom. The first kappa shape index (κ1) is 22.7. The number of nitrogens with one attached hydrogen (secondary N) is 2. The average Bonchev–Trinajstić information content (AvgIpc) is 3.52. The fourth-order valence-electron chi connectivity index (χ4n) is 2.99. The molecular formula is C22H18N6O5S. The molecule has 2 aromatic carbocycles. The van der Waals surface area contributed by atoms with Gasteiger partial charge < -0.3 is 4.42 Å². The van der Waals surface area contributed by atoms with Crippen molar-refractivity contribution in [2.75, 3.05) is 5.75 Å². The van der Waals surface area contributed by atoms with Crippen LogP contribution in [-0.2, 0) is 11.3 Å². The minimum absolute atomic E-state index is 0.0361. The van der Waals surface area contributed by atoms with Gasteiger partial charge in [0.15, 0.2) is 10.9 Å². The molecular weight excluding hydrogens is 460 g/mol. The lowest BCUT2D eigenvalue weighted by atomic mass is 10.2. The van der Waals surface area contributed by atoms with E-state index in [4.69, 9.17) is 4.42 Å². The van der Waals surface area contributed by atoms with Crippen molar-refractivity contribution in [3.63, 3.8) is 0 Å². The lowest BCUT2D eigenvalue weighted by molar-refractivity contribution is -0.384. The van der Waals surface area contributed by atoms with Gasteiger partial charge in [0, 0.05) is 17.7 Å². The molecule has 2 N–H and O–H groups in total. The predicted octanol–water partition coefficient (Wildman–Crippen LogP) is 3.05. The number of carbonyl (C=O) groups excluding carboxylic acids is 2. The molecule has 0 aliphatic rings. The maximum Gasteiger partial charge on any atom is 0.269 e. The molecule has 172 valence electrons. The highest BCUT2D eigenvalue weighted by atomic mass is 32.2. The number of carbonyl (C=O) groups is 2. The maximum absolute atomic E-state index is 12.3. The fraction of sp³-hybridized carbons (Fsp3) is 0.0909. The molecule has 2 heterocycles. The van der Waals surface area contributed by atoms with E-state index in [0.717, 1.165) is 17.3 Å². The largest absolute Gasteiger partial charge is 0.461 e. The molecule has 0 aliphatic carbocycles. The SMILES string of the molecule is O=C(CSc1nnc(-c2ccco2)n1Cc1ccccc1)NNC(=O)c1ccc([N+](=O)[O-])cc1. The molecule has 0 aliphatic heterocycles. The van der Waals surface area contributed by atoms with Crippen LogP contribution in [0.1, 0.15) is 15.9 Å². The third-order valence-corrected chi connectivity index (χ3v) is 5.60. The molecule has 12 heteroatoms. The zero-order chi connectivity index (χ0) is 23.9. The highest BCUT2D eigenvalue weighted by molar-refractivity contribution is 7.99. The zero-order valence-corrected chi connectivity index (χ0v) is 18.4. The first-order valence-corrected chi connectivity index (χ1v) is 11.0. The summed E-state index contributed by atoms with van der Waals surface area (Å²) in [5.74, 6) is -0.0148. The number of benzene rings is 2. The van der Waals surface area contributed by atoms with E-state index >= 15 is 0 Å². The van der Waals surface area contributed by atoms with Gasteiger partial charge in [-0.3, -0.25) is 35.1 Å². The number of hydrogen-bond donors (Lipinski definition) is 2. The monoisotopic (exact) mass is 478 g/mol. The number of hydrogen-bond acceptors (Lipinski definition) is 8. The van der Waals surface area contributed by atoms with Gasteiger partial charge in [-0.1, -0.05) is 42.1 Å². The molecule has 0 atom stereocenters. The summed E-state index contributed by atoms with van der Waals surface area (Å²) in [6.07, 6.45) is 1.55. The molecule has 0 saturated carbocycles. The Balaban J connectivity index is 1.38. The molecule has 11 nitrogen and oxygen atoms in total. The number of nitrogens with zero attached hydrogens (tertiary/aromatic N) is 4. The van der Waals surface area contributed by atoms with Crippen LogP contribution < -0.4 is 10.9 Å². The molecule has 0 bridgehead atoms. The van der Waals surface area contributed by atoms with E-state index in [1.54, 1.807) is 18.4 Å². The van der Waals surface area contributed by atoms with Crippen molar-refractivity contribution in [2.45, 2.75) is 11.7 Å². The van der Waals surface area contributed by atoms with E-state index in [0.29, 0.717) is 23.3 Å². The Morgan fingerprint density at radius 2 is 1.76 bits per heavy atom. The van der Waals surface area contributed by atoms with E-state index in [-0.39, 0.29) is 17.0 Å². The van der Waals surface area contributed by atoms with Crippen LogP contribution >= 0.6 is 11.8 Å². The number of nitro benzene ring substituents is 1. The highest BCUT2D eigenvalue weighted by Gasteiger charge is 2.18. The van der Waals surface area contributed by atoms with E-state index in [9.17, 15) is 19.7 Å². The van der Waals surface area contributed by atoms with Gasteiger partial charge in [0.1, 0.15) is 0 Å². The molecule has 0 unspecified atom stereocenters. The first-order valence-electron chi connectivity index (χ1n) is 9.98. The van der Waals surface area contributed by atoms with Crippen molar-refractivity contribution < 1.29 is 18.9 Å². The Labute approximate surface area is 197 Å². The number of rotatable bonds is 8. The molecule has 2 amide bonds. The van der Waals surface area contributed by atoms with Gasteiger partial charge in [-0.15, -0.1) is 10.2 Å².